The quantitative estimate of drug-likeness (QED) is 0.692. The topological polar surface area (TPSA) is 62.7 Å². The van der Waals surface area contributed by atoms with Crippen LogP contribution in [0, 0.1) is 6.92 Å². The van der Waals surface area contributed by atoms with Gasteiger partial charge in [0.05, 0.1) is 0 Å². The molecule has 0 spiro atoms. The number of para-hydroxylation sites is 1. The molecule has 0 saturated heterocycles. The summed E-state index contributed by atoms with van der Waals surface area (Å²) < 4.78 is 0. The fourth-order valence-corrected chi connectivity index (χ4v) is 2.80. The van der Waals surface area contributed by atoms with Crippen molar-refractivity contribution in [1.29, 1.82) is 0 Å². The van der Waals surface area contributed by atoms with E-state index in [4.69, 9.17) is 0 Å². The molecule has 0 amide bonds. The molecule has 0 aliphatic heterocycles. The number of hydrogen-bond acceptors (Lipinski definition) is 5. The van der Waals surface area contributed by atoms with E-state index in [0.717, 1.165) is 28.7 Å². The van der Waals surface area contributed by atoms with Gasteiger partial charge in [-0.3, -0.25) is 4.98 Å². The largest absolute Gasteiger partial charge is 0.366 e. The number of anilines is 3. The molecular formula is C21H25N5. The second-order valence-corrected chi connectivity index (χ2v) is 7.32. The lowest BCUT2D eigenvalue weighted by Crippen LogP contribution is -2.14. The van der Waals surface area contributed by atoms with Crippen molar-refractivity contribution in [2.75, 3.05) is 10.6 Å². The third kappa shape index (κ3) is 4.57. The van der Waals surface area contributed by atoms with Crippen molar-refractivity contribution in [1.82, 2.24) is 15.0 Å². The van der Waals surface area contributed by atoms with Crippen LogP contribution in [-0.2, 0) is 12.0 Å². The van der Waals surface area contributed by atoms with E-state index in [1.165, 1.54) is 5.56 Å². The predicted octanol–water partition coefficient (Wildman–Crippen LogP) is 4.83. The molecule has 5 nitrogen and oxygen atoms in total. The van der Waals surface area contributed by atoms with E-state index >= 15 is 0 Å². The lowest BCUT2D eigenvalue weighted by atomic mass is 9.86. The van der Waals surface area contributed by atoms with Crippen molar-refractivity contribution in [3.63, 3.8) is 0 Å². The molecule has 0 fully saturated rings. The van der Waals surface area contributed by atoms with E-state index in [1.807, 2.05) is 37.4 Å². The molecule has 0 unspecified atom stereocenters. The minimum Gasteiger partial charge on any atom is -0.366 e. The van der Waals surface area contributed by atoms with Crippen LogP contribution in [-0.4, -0.2) is 15.0 Å². The highest BCUT2D eigenvalue weighted by atomic mass is 15.1. The zero-order valence-electron chi connectivity index (χ0n) is 15.7. The average molecular weight is 347 g/mol. The first-order valence-electron chi connectivity index (χ1n) is 8.77. The molecule has 0 aliphatic rings. The average Bonchev–Trinajstić information content (AvgIpc) is 2.60. The number of nitrogens with one attached hydrogen (secondary N) is 2. The molecular weight excluding hydrogens is 322 g/mol. The van der Waals surface area contributed by atoms with Crippen LogP contribution in [0.1, 0.15) is 37.7 Å². The molecule has 134 valence electrons. The minimum atomic E-state index is 0.0487. The zero-order chi connectivity index (χ0) is 18.6. The molecule has 1 aromatic carbocycles. The van der Waals surface area contributed by atoms with Crippen LogP contribution < -0.4 is 10.6 Å². The first-order chi connectivity index (χ1) is 12.4. The van der Waals surface area contributed by atoms with Gasteiger partial charge in [-0.2, -0.15) is 0 Å². The summed E-state index contributed by atoms with van der Waals surface area (Å²) in [5.74, 6) is 2.29. The minimum absolute atomic E-state index is 0.0487. The van der Waals surface area contributed by atoms with Crippen molar-refractivity contribution < 1.29 is 0 Å². The molecule has 26 heavy (non-hydrogen) atoms. The van der Waals surface area contributed by atoms with Crippen molar-refractivity contribution in [3.8, 4) is 0 Å². The Labute approximate surface area is 154 Å². The van der Waals surface area contributed by atoms with Crippen LogP contribution >= 0.6 is 0 Å². The van der Waals surface area contributed by atoms with E-state index < -0.39 is 0 Å². The van der Waals surface area contributed by atoms with Crippen LogP contribution in [0.25, 0.3) is 0 Å². The van der Waals surface area contributed by atoms with E-state index in [1.54, 1.807) is 6.20 Å². The van der Waals surface area contributed by atoms with Gasteiger partial charge in [0.1, 0.15) is 17.5 Å². The molecule has 0 saturated carbocycles. The van der Waals surface area contributed by atoms with Crippen LogP contribution in [0.2, 0.25) is 0 Å². The summed E-state index contributed by atoms with van der Waals surface area (Å²) in [6.07, 6.45) is 3.62. The molecule has 2 aromatic heterocycles. The lowest BCUT2D eigenvalue weighted by Gasteiger charge is -2.23. The summed E-state index contributed by atoms with van der Waals surface area (Å²) in [7, 11) is 0. The number of aromatic nitrogens is 3. The Bertz CT molecular complexity index is 869. The second-order valence-electron chi connectivity index (χ2n) is 7.32. The Kier molecular flexibility index (Phi) is 5.16. The van der Waals surface area contributed by atoms with Crippen molar-refractivity contribution in [2.24, 2.45) is 0 Å². The summed E-state index contributed by atoms with van der Waals surface area (Å²) in [6.45, 7) is 9.19. The fraction of sp³-hybridized carbons (Fsp3) is 0.286. The van der Waals surface area contributed by atoms with Crippen molar-refractivity contribution >= 4 is 17.3 Å². The fourth-order valence-electron chi connectivity index (χ4n) is 2.80. The first kappa shape index (κ1) is 17.9. The van der Waals surface area contributed by atoms with Gasteiger partial charge in [0.25, 0.3) is 0 Å². The maximum Gasteiger partial charge on any atom is 0.136 e. The van der Waals surface area contributed by atoms with Crippen LogP contribution in [0.4, 0.5) is 17.3 Å². The van der Waals surface area contributed by atoms with E-state index in [2.05, 4.69) is 64.6 Å². The SMILES string of the molecule is Cc1nc(NCc2cccnc2)cc(Nc2ccccc2C(C)(C)C)n1. The molecule has 2 N–H and O–H groups in total. The highest BCUT2D eigenvalue weighted by Crippen LogP contribution is 2.31. The Balaban J connectivity index is 1.80. The van der Waals surface area contributed by atoms with E-state index in [-0.39, 0.29) is 5.41 Å². The molecule has 0 aliphatic carbocycles. The van der Waals surface area contributed by atoms with Gasteiger partial charge in [-0.15, -0.1) is 0 Å². The maximum absolute atomic E-state index is 4.53. The molecule has 3 aromatic rings. The number of benzene rings is 1. The molecule has 0 atom stereocenters. The van der Waals surface area contributed by atoms with Crippen LogP contribution in [0.3, 0.4) is 0 Å². The van der Waals surface area contributed by atoms with Gasteiger partial charge in [-0.05, 0) is 35.6 Å². The van der Waals surface area contributed by atoms with Gasteiger partial charge in [0.2, 0.25) is 0 Å². The van der Waals surface area contributed by atoms with E-state index in [0.29, 0.717) is 6.54 Å². The third-order valence-corrected chi connectivity index (χ3v) is 4.03. The van der Waals surface area contributed by atoms with E-state index in [9.17, 15) is 0 Å². The smallest absolute Gasteiger partial charge is 0.136 e. The van der Waals surface area contributed by atoms with Gasteiger partial charge in [-0.1, -0.05) is 45.0 Å². The van der Waals surface area contributed by atoms with Gasteiger partial charge in [-0.25, -0.2) is 9.97 Å². The zero-order valence-corrected chi connectivity index (χ0v) is 15.7. The number of pyridine rings is 1. The monoisotopic (exact) mass is 347 g/mol. The predicted molar refractivity (Wildman–Crippen MR) is 107 cm³/mol. The summed E-state index contributed by atoms with van der Waals surface area (Å²) in [5, 5.41) is 6.80. The summed E-state index contributed by atoms with van der Waals surface area (Å²) in [4.78, 5) is 13.1. The van der Waals surface area contributed by atoms with Crippen molar-refractivity contribution in [2.45, 2.75) is 39.7 Å². The normalized spacial score (nSPS) is 11.2. The van der Waals surface area contributed by atoms with Gasteiger partial charge in [0, 0.05) is 30.7 Å². The van der Waals surface area contributed by atoms with Gasteiger partial charge >= 0.3 is 0 Å². The summed E-state index contributed by atoms with van der Waals surface area (Å²) >= 11 is 0. The van der Waals surface area contributed by atoms with Gasteiger partial charge in [0.15, 0.2) is 0 Å². The number of rotatable bonds is 5. The number of nitrogens with zero attached hydrogens (tertiary/aromatic N) is 3. The molecule has 0 radical (unpaired) electrons. The lowest BCUT2D eigenvalue weighted by molar-refractivity contribution is 0.592. The number of aryl methyl sites for hydroxylation is 1. The Morgan fingerprint density at radius 2 is 1.73 bits per heavy atom. The van der Waals surface area contributed by atoms with Crippen LogP contribution in [0.15, 0.2) is 54.9 Å². The second kappa shape index (κ2) is 7.52. The standard InChI is InChI=1S/C21H25N5/c1-15-24-19(23-14-16-8-7-11-22-13-16)12-20(25-15)26-18-10-6-5-9-17(18)21(2,3)4/h5-13H,14H2,1-4H3,(H2,23,24,25,26). The third-order valence-electron chi connectivity index (χ3n) is 4.03. The first-order valence-corrected chi connectivity index (χ1v) is 8.77. The van der Waals surface area contributed by atoms with Crippen molar-refractivity contribution in [3.05, 3.63) is 71.8 Å². The summed E-state index contributed by atoms with van der Waals surface area (Å²) in [6, 6.07) is 14.2. The molecule has 0 bridgehead atoms. The Morgan fingerprint density at radius 1 is 0.962 bits per heavy atom. The highest BCUT2D eigenvalue weighted by Gasteiger charge is 2.17. The molecule has 3 rings (SSSR count). The van der Waals surface area contributed by atoms with Crippen LogP contribution in [0.5, 0.6) is 0 Å². The van der Waals surface area contributed by atoms with Gasteiger partial charge < -0.3 is 10.6 Å². The summed E-state index contributed by atoms with van der Waals surface area (Å²) in [5.41, 5.74) is 3.47. The maximum atomic E-state index is 4.53. The Morgan fingerprint density at radius 3 is 2.46 bits per heavy atom. The molecule has 5 heteroatoms. The Hall–Kier alpha value is -2.95. The number of hydrogen-bond donors (Lipinski definition) is 2. The molecule has 2 heterocycles. The highest BCUT2D eigenvalue weighted by molar-refractivity contribution is 5.64.